The number of phenols is 7. The largest absolute Gasteiger partial charge is 0.508 e. The molecule has 7 rings (SSSR count). The van der Waals surface area contributed by atoms with E-state index in [2.05, 4.69) is 0 Å². The number of hydrogen-bond donors (Lipinski definition) is 9. The van der Waals surface area contributed by atoms with Gasteiger partial charge >= 0.3 is 5.79 Å². The van der Waals surface area contributed by atoms with E-state index in [0.717, 1.165) is 12.1 Å². The minimum atomic E-state index is -2.16. The van der Waals surface area contributed by atoms with Crippen molar-refractivity contribution in [3.63, 3.8) is 0 Å². The van der Waals surface area contributed by atoms with Gasteiger partial charge < -0.3 is 60.2 Å². The van der Waals surface area contributed by atoms with Crippen molar-refractivity contribution < 1.29 is 60.2 Å². The van der Waals surface area contributed by atoms with Crippen LogP contribution < -0.4 is 14.2 Å². The molecule has 0 saturated carbocycles. The predicted octanol–water partition coefficient (Wildman–Crippen LogP) is 3.57. The van der Waals surface area contributed by atoms with Gasteiger partial charge in [-0.2, -0.15) is 0 Å². The van der Waals surface area contributed by atoms with Crippen molar-refractivity contribution in [3.05, 3.63) is 82.4 Å². The molecule has 0 aromatic heterocycles. The molecule has 0 saturated heterocycles. The van der Waals surface area contributed by atoms with E-state index < -0.39 is 52.0 Å². The summed E-state index contributed by atoms with van der Waals surface area (Å²) in [6.07, 6.45) is -1.30. The third kappa shape index (κ3) is 3.58. The third-order valence-electron chi connectivity index (χ3n) is 8.77. The van der Waals surface area contributed by atoms with Crippen LogP contribution in [0, 0.1) is 0 Å². The number of aliphatic hydroxyl groups is 2. The Kier molecular flexibility index (Phi) is 5.45. The van der Waals surface area contributed by atoms with Gasteiger partial charge in [0.1, 0.15) is 40.1 Å². The molecule has 3 aliphatic rings. The number of phenolic OH excluding ortho intramolecular Hbond substituents is 7. The van der Waals surface area contributed by atoms with Gasteiger partial charge in [0.05, 0.1) is 5.92 Å². The van der Waals surface area contributed by atoms with Crippen LogP contribution in [0.5, 0.6) is 57.5 Å². The summed E-state index contributed by atoms with van der Waals surface area (Å²) in [6.45, 7) is 2.87. The second-order valence-corrected chi connectivity index (χ2v) is 11.9. The number of rotatable bonds is 2. The van der Waals surface area contributed by atoms with Crippen molar-refractivity contribution in [2.45, 2.75) is 49.3 Å². The van der Waals surface area contributed by atoms with Crippen LogP contribution in [0.3, 0.4) is 0 Å². The highest BCUT2D eigenvalue weighted by atomic mass is 16.7. The Balaban J connectivity index is 1.52. The standard InChI is InChI=1S/C32H28O12/c1-30(40)12-16-19(36)11-24-26(28(16)42-29(30)13-3-5-17(34)20(37)7-13)27-25-22(39)9-15(33)10-23(25)43-32(44-24,31(27,2)41)14-4-6-18(35)21(38)8-14/h3-11,27,29,33-41H,12H2,1-2H3/t27?,29-,30-,31-,32?/m1/s1. The highest BCUT2D eigenvalue weighted by Crippen LogP contribution is 2.66. The summed E-state index contributed by atoms with van der Waals surface area (Å²) >= 11 is 0. The van der Waals surface area contributed by atoms with E-state index in [-0.39, 0.29) is 63.2 Å². The van der Waals surface area contributed by atoms with Gasteiger partial charge in [0.15, 0.2) is 34.7 Å². The topological polar surface area (TPSA) is 210 Å². The summed E-state index contributed by atoms with van der Waals surface area (Å²) < 4.78 is 19.0. The normalized spacial score (nSPS) is 28.0. The fourth-order valence-corrected chi connectivity index (χ4v) is 6.71. The van der Waals surface area contributed by atoms with Gasteiger partial charge in [-0.1, -0.05) is 6.07 Å². The smallest absolute Gasteiger partial charge is 0.307 e. The quantitative estimate of drug-likeness (QED) is 0.150. The van der Waals surface area contributed by atoms with Crippen molar-refractivity contribution in [3.8, 4) is 57.5 Å². The lowest BCUT2D eigenvalue weighted by Crippen LogP contribution is -2.65. The van der Waals surface area contributed by atoms with Gasteiger partial charge in [-0.05, 0) is 49.7 Å². The fourth-order valence-electron chi connectivity index (χ4n) is 6.71. The molecule has 4 aromatic rings. The van der Waals surface area contributed by atoms with Crippen LogP contribution in [0.1, 0.15) is 53.7 Å². The Labute approximate surface area is 249 Å². The van der Waals surface area contributed by atoms with Gasteiger partial charge in [-0.3, -0.25) is 0 Å². The average Bonchev–Trinajstić information content (AvgIpc) is 2.92. The molecule has 0 aliphatic carbocycles. The second-order valence-electron chi connectivity index (χ2n) is 11.9. The van der Waals surface area contributed by atoms with E-state index in [1.165, 1.54) is 56.3 Å². The second kappa shape index (κ2) is 8.68. The van der Waals surface area contributed by atoms with Crippen molar-refractivity contribution in [2.75, 3.05) is 0 Å². The summed E-state index contributed by atoms with van der Waals surface area (Å²) in [5.74, 6) is -6.35. The van der Waals surface area contributed by atoms with E-state index in [1.807, 2.05) is 0 Å². The van der Waals surface area contributed by atoms with Crippen LogP contribution in [-0.2, 0) is 12.2 Å². The van der Waals surface area contributed by atoms with Crippen molar-refractivity contribution in [1.82, 2.24) is 0 Å². The highest BCUT2D eigenvalue weighted by Gasteiger charge is 2.67. The Bertz CT molecular complexity index is 1880. The SMILES string of the molecule is C[C@@]1(O)Cc2c(O)cc3c(c2O[C@@H]1c1ccc(O)c(O)c1)C1c2c(O)cc(O)cc2OC(c2ccc(O)c(O)c2)(O3)[C@]1(C)O. The summed E-state index contributed by atoms with van der Waals surface area (Å²) in [5, 5.41) is 96.9. The minimum Gasteiger partial charge on any atom is -0.508 e. The fraction of sp³-hybridized carbons (Fsp3) is 0.250. The van der Waals surface area contributed by atoms with Crippen LogP contribution in [-0.4, -0.2) is 57.2 Å². The van der Waals surface area contributed by atoms with Crippen molar-refractivity contribution >= 4 is 0 Å². The van der Waals surface area contributed by atoms with Crippen LogP contribution in [0.4, 0.5) is 0 Å². The van der Waals surface area contributed by atoms with Gasteiger partial charge in [0.25, 0.3) is 0 Å². The van der Waals surface area contributed by atoms with E-state index in [4.69, 9.17) is 14.2 Å². The molecule has 0 fully saturated rings. The molecule has 0 spiro atoms. The van der Waals surface area contributed by atoms with E-state index in [9.17, 15) is 46.0 Å². The Hall–Kier alpha value is -5.20. The maximum absolute atomic E-state index is 12.4. The molecule has 12 heteroatoms. The zero-order chi connectivity index (χ0) is 31.5. The molecule has 0 amide bonds. The summed E-state index contributed by atoms with van der Waals surface area (Å²) in [4.78, 5) is 0. The first-order chi connectivity index (χ1) is 20.6. The third-order valence-corrected chi connectivity index (χ3v) is 8.77. The molecule has 3 heterocycles. The highest BCUT2D eigenvalue weighted by molar-refractivity contribution is 5.69. The zero-order valence-electron chi connectivity index (χ0n) is 23.3. The lowest BCUT2D eigenvalue weighted by molar-refractivity contribution is -0.268. The lowest BCUT2D eigenvalue weighted by Gasteiger charge is -2.56. The monoisotopic (exact) mass is 604 g/mol. The summed E-state index contributed by atoms with van der Waals surface area (Å²) in [6, 6.07) is 11.2. The first kappa shape index (κ1) is 27.6. The van der Waals surface area contributed by atoms with Gasteiger partial charge in [-0.15, -0.1) is 0 Å². The molecule has 0 radical (unpaired) electrons. The number of benzene rings is 4. The number of ether oxygens (including phenoxy) is 3. The van der Waals surface area contributed by atoms with E-state index >= 15 is 0 Å². The number of fused-ring (bicyclic) bond motifs is 8. The van der Waals surface area contributed by atoms with Gasteiger partial charge in [-0.25, -0.2) is 0 Å². The summed E-state index contributed by atoms with van der Waals surface area (Å²) in [7, 11) is 0. The molecule has 3 aliphatic heterocycles. The first-order valence-corrected chi connectivity index (χ1v) is 13.6. The van der Waals surface area contributed by atoms with Crippen LogP contribution in [0.2, 0.25) is 0 Å². The van der Waals surface area contributed by atoms with Gasteiger partial charge in [0, 0.05) is 46.9 Å². The Morgan fingerprint density at radius 2 is 1.30 bits per heavy atom. The van der Waals surface area contributed by atoms with Crippen LogP contribution >= 0.6 is 0 Å². The van der Waals surface area contributed by atoms with E-state index in [1.54, 1.807) is 0 Å². The molecule has 4 aromatic carbocycles. The molecule has 9 N–H and O–H groups in total. The average molecular weight is 605 g/mol. The van der Waals surface area contributed by atoms with Crippen molar-refractivity contribution in [1.29, 1.82) is 0 Å². The molecule has 12 nitrogen and oxygen atoms in total. The molecule has 44 heavy (non-hydrogen) atoms. The van der Waals surface area contributed by atoms with Crippen molar-refractivity contribution in [2.24, 2.45) is 0 Å². The molecule has 2 unspecified atom stereocenters. The Morgan fingerprint density at radius 1 is 0.659 bits per heavy atom. The maximum Gasteiger partial charge on any atom is 0.307 e. The van der Waals surface area contributed by atoms with Crippen LogP contribution in [0.15, 0.2) is 54.6 Å². The molecular formula is C32H28O12. The number of hydrogen-bond acceptors (Lipinski definition) is 12. The summed E-state index contributed by atoms with van der Waals surface area (Å²) in [5.41, 5.74) is -2.97. The first-order valence-electron chi connectivity index (χ1n) is 13.6. The molecule has 228 valence electrons. The van der Waals surface area contributed by atoms with Crippen LogP contribution in [0.25, 0.3) is 0 Å². The molecule has 2 bridgehead atoms. The minimum absolute atomic E-state index is 0.0249. The predicted molar refractivity (Wildman–Crippen MR) is 151 cm³/mol. The lowest BCUT2D eigenvalue weighted by atomic mass is 9.66. The molecule has 5 atom stereocenters. The molecular weight excluding hydrogens is 576 g/mol. The zero-order valence-corrected chi connectivity index (χ0v) is 23.3. The van der Waals surface area contributed by atoms with Gasteiger partial charge in [0.2, 0.25) is 0 Å². The maximum atomic E-state index is 12.4. The number of aromatic hydroxyl groups is 7. The Morgan fingerprint density at radius 3 is 1.95 bits per heavy atom. The van der Waals surface area contributed by atoms with E-state index in [0.29, 0.717) is 5.56 Å².